The number of hydrogen-bond acceptors (Lipinski definition) is 3. The first kappa shape index (κ1) is 18.0. The molecule has 0 amide bonds. The molecule has 0 aliphatic carbocycles. The molecule has 0 aliphatic rings. The van der Waals surface area contributed by atoms with Gasteiger partial charge in [-0.2, -0.15) is 0 Å². The van der Waals surface area contributed by atoms with Crippen LogP contribution in [0.2, 0.25) is 0 Å². The van der Waals surface area contributed by atoms with E-state index in [4.69, 9.17) is 14.2 Å². The van der Waals surface area contributed by atoms with Crippen LogP contribution >= 0.6 is 0 Å². The van der Waals surface area contributed by atoms with E-state index in [-0.39, 0.29) is 17.6 Å². The zero-order valence-corrected chi connectivity index (χ0v) is 14.5. The van der Waals surface area contributed by atoms with Crippen molar-refractivity contribution in [1.29, 1.82) is 0 Å². The lowest BCUT2D eigenvalue weighted by molar-refractivity contribution is -0.00938. The Morgan fingerprint density at radius 3 is 2.19 bits per heavy atom. The van der Waals surface area contributed by atoms with Gasteiger partial charge in [-0.1, -0.05) is 53.7 Å². The molecular weight excluding hydrogens is 264 g/mol. The van der Waals surface area contributed by atoms with E-state index in [1.807, 2.05) is 6.07 Å². The fraction of sp³-hybridized carbons (Fsp3) is 0.667. The summed E-state index contributed by atoms with van der Waals surface area (Å²) in [5.74, 6) is 0.785. The highest BCUT2D eigenvalue weighted by Crippen LogP contribution is 2.39. The maximum absolute atomic E-state index is 5.81. The number of methoxy groups -OCH3 is 1. The molecule has 3 heteroatoms. The largest absolute Gasteiger partial charge is 0.467 e. The van der Waals surface area contributed by atoms with Gasteiger partial charge < -0.3 is 14.2 Å². The minimum absolute atomic E-state index is 0.0117. The molecule has 0 heterocycles. The lowest BCUT2D eigenvalue weighted by Crippen LogP contribution is -2.23. The predicted molar refractivity (Wildman–Crippen MR) is 86.0 cm³/mol. The van der Waals surface area contributed by atoms with Crippen LogP contribution in [0.4, 0.5) is 0 Å². The average Bonchev–Trinajstić information content (AvgIpc) is 2.36. The number of hydrogen-bond donors (Lipinski definition) is 0. The maximum Gasteiger partial charge on any atom is 0.189 e. The van der Waals surface area contributed by atoms with Crippen molar-refractivity contribution in [3.05, 3.63) is 29.3 Å². The molecule has 0 atom stereocenters. The second-order valence-electron chi connectivity index (χ2n) is 7.26. The molecule has 21 heavy (non-hydrogen) atoms. The Morgan fingerprint density at radius 1 is 1.00 bits per heavy atom. The zero-order valence-electron chi connectivity index (χ0n) is 14.5. The standard InChI is InChI=1S/C18H29O3/c1-17(2,3)14-9-8-10-15(16(14)18(4,5)6)21-13-20-12-11-19-7/h8-9H,11-13H2,1-7H3. The summed E-state index contributed by atoms with van der Waals surface area (Å²) in [4.78, 5) is 0. The average molecular weight is 293 g/mol. The summed E-state index contributed by atoms with van der Waals surface area (Å²) in [6.07, 6.45) is 0. The van der Waals surface area contributed by atoms with Crippen LogP contribution in [0.3, 0.4) is 0 Å². The lowest BCUT2D eigenvalue weighted by atomic mass is 9.75. The Bertz CT molecular complexity index is 439. The van der Waals surface area contributed by atoms with Gasteiger partial charge in [0.1, 0.15) is 5.75 Å². The first-order chi connectivity index (χ1) is 9.68. The van der Waals surface area contributed by atoms with Crippen molar-refractivity contribution >= 4 is 0 Å². The van der Waals surface area contributed by atoms with Gasteiger partial charge in [0.25, 0.3) is 0 Å². The summed E-state index contributed by atoms with van der Waals surface area (Å²) in [6.45, 7) is 14.6. The van der Waals surface area contributed by atoms with Crippen LogP contribution < -0.4 is 4.74 Å². The van der Waals surface area contributed by atoms with Gasteiger partial charge in [-0.25, -0.2) is 0 Å². The molecule has 0 fully saturated rings. The van der Waals surface area contributed by atoms with Crippen molar-refractivity contribution in [3.63, 3.8) is 0 Å². The first-order valence-corrected chi connectivity index (χ1v) is 7.43. The van der Waals surface area contributed by atoms with Gasteiger partial charge in [-0.3, -0.25) is 0 Å². The van der Waals surface area contributed by atoms with Crippen molar-refractivity contribution in [1.82, 2.24) is 0 Å². The van der Waals surface area contributed by atoms with Crippen LogP contribution in [0, 0.1) is 6.07 Å². The lowest BCUT2D eigenvalue weighted by Gasteiger charge is -2.31. The van der Waals surface area contributed by atoms with Crippen molar-refractivity contribution in [2.75, 3.05) is 27.1 Å². The number of ether oxygens (including phenoxy) is 3. The highest BCUT2D eigenvalue weighted by Gasteiger charge is 2.28. The minimum atomic E-state index is -0.0117. The van der Waals surface area contributed by atoms with E-state index in [9.17, 15) is 0 Å². The van der Waals surface area contributed by atoms with Crippen LogP contribution in [0.25, 0.3) is 0 Å². The number of benzene rings is 1. The molecule has 0 spiro atoms. The smallest absolute Gasteiger partial charge is 0.189 e. The molecule has 0 aliphatic heterocycles. The Labute approximate surface area is 129 Å². The Kier molecular flexibility index (Phi) is 6.24. The van der Waals surface area contributed by atoms with Crippen LogP contribution in [0.5, 0.6) is 5.75 Å². The van der Waals surface area contributed by atoms with E-state index in [1.54, 1.807) is 7.11 Å². The van der Waals surface area contributed by atoms with Gasteiger partial charge in [-0.15, -0.1) is 0 Å². The summed E-state index contributed by atoms with van der Waals surface area (Å²) in [5, 5.41) is 0. The molecule has 1 aromatic carbocycles. The SMILES string of the molecule is COCCOCOc1[c]ccc(C(C)(C)C)c1C(C)(C)C. The van der Waals surface area contributed by atoms with Gasteiger partial charge in [0, 0.05) is 18.7 Å². The van der Waals surface area contributed by atoms with E-state index in [0.29, 0.717) is 13.2 Å². The van der Waals surface area contributed by atoms with Gasteiger partial charge in [0.05, 0.1) is 13.2 Å². The zero-order chi connectivity index (χ0) is 16.1. The third-order valence-corrected chi connectivity index (χ3v) is 3.24. The van der Waals surface area contributed by atoms with E-state index in [0.717, 1.165) is 5.75 Å². The van der Waals surface area contributed by atoms with E-state index >= 15 is 0 Å². The molecule has 0 N–H and O–H groups in total. The molecule has 0 saturated carbocycles. The van der Waals surface area contributed by atoms with Gasteiger partial charge in [0.15, 0.2) is 6.79 Å². The van der Waals surface area contributed by atoms with E-state index < -0.39 is 0 Å². The molecule has 3 nitrogen and oxygen atoms in total. The molecule has 1 aromatic rings. The van der Waals surface area contributed by atoms with Crippen LogP contribution in [0.1, 0.15) is 52.7 Å². The van der Waals surface area contributed by atoms with Gasteiger partial charge >= 0.3 is 0 Å². The molecule has 1 radical (unpaired) electrons. The van der Waals surface area contributed by atoms with E-state index in [1.165, 1.54) is 11.1 Å². The highest BCUT2D eigenvalue weighted by molar-refractivity contribution is 5.47. The Hall–Kier alpha value is -1.06. The van der Waals surface area contributed by atoms with Crippen LogP contribution in [-0.4, -0.2) is 27.1 Å². The van der Waals surface area contributed by atoms with Crippen molar-refractivity contribution < 1.29 is 14.2 Å². The second kappa shape index (κ2) is 7.28. The molecule has 0 aromatic heterocycles. The summed E-state index contributed by atoms with van der Waals surface area (Å²) >= 11 is 0. The monoisotopic (exact) mass is 293 g/mol. The third-order valence-electron chi connectivity index (χ3n) is 3.24. The van der Waals surface area contributed by atoms with Crippen molar-refractivity contribution in [3.8, 4) is 5.75 Å². The first-order valence-electron chi connectivity index (χ1n) is 7.43. The summed E-state index contributed by atoms with van der Waals surface area (Å²) in [7, 11) is 1.66. The normalized spacial score (nSPS) is 12.5. The van der Waals surface area contributed by atoms with Crippen molar-refractivity contribution in [2.45, 2.75) is 52.4 Å². The van der Waals surface area contributed by atoms with E-state index in [2.05, 4.69) is 53.7 Å². The Morgan fingerprint density at radius 2 is 1.67 bits per heavy atom. The minimum Gasteiger partial charge on any atom is -0.467 e. The third kappa shape index (κ3) is 5.33. The van der Waals surface area contributed by atoms with Crippen molar-refractivity contribution in [2.24, 2.45) is 0 Å². The van der Waals surface area contributed by atoms with Gasteiger partial charge in [0.2, 0.25) is 0 Å². The summed E-state index contributed by atoms with van der Waals surface area (Å²) < 4.78 is 16.2. The Balaban J connectivity index is 2.98. The van der Waals surface area contributed by atoms with Gasteiger partial charge in [-0.05, 0) is 16.4 Å². The molecule has 1 rings (SSSR count). The molecule has 0 saturated heterocycles. The molecule has 0 bridgehead atoms. The molecule has 0 unspecified atom stereocenters. The predicted octanol–water partition coefficient (Wildman–Crippen LogP) is 4.08. The molecule has 119 valence electrons. The fourth-order valence-electron chi connectivity index (χ4n) is 2.26. The molecular formula is C18H29O3. The topological polar surface area (TPSA) is 27.7 Å². The number of rotatable bonds is 6. The second-order valence-corrected chi connectivity index (χ2v) is 7.26. The fourth-order valence-corrected chi connectivity index (χ4v) is 2.26. The van der Waals surface area contributed by atoms with Crippen LogP contribution in [0.15, 0.2) is 12.1 Å². The maximum atomic E-state index is 5.81. The highest BCUT2D eigenvalue weighted by atomic mass is 16.7. The quantitative estimate of drug-likeness (QED) is 0.584. The summed E-state index contributed by atoms with van der Waals surface area (Å²) in [5.41, 5.74) is 2.54. The van der Waals surface area contributed by atoms with Crippen LogP contribution in [-0.2, 0) is 20.3 Å². The summed E-state index contributed by atoms with van der Waals surface area (Å²) in [6, 6.07) is 7.28.